The number of imidazole rings is 1. The minimum absolute atomic E-state index is 0.443. The van der Waals surface area contributed by atoms with Crippen LogP contribution in [0.25, 0.3) is 0 Å². The molecule has 0 atom stereocenters. The van der Waals surface area contributed by atoms with Crippen molar-refractivity contribution in [3.05, 3.63) is 24.3 Å². The maximum Gasteiger partial charge on any atom is 0.191 e. The molecule has 0 aliphatic rings. The smallest absolute Gasteiger partial charge is 0.191 e. The maximum atomic E-state index is 5.75. The lowest BCUT2D eigenvalue weighted by Gasteiger charge is -2.11. The lowest BCUT2D eigenvalue weighted by molar-refractivity contribution is 0.600. The first-order valence-corrected chi connectivity index (χ1v) is 8.26. The lowest BCUT2D eigenvalue weighted by Crippen LogP contribution is -2.11. The average molecular weight is 306 g/mol. The molecule has 0 bridgehead atoms. The third kappa shape index (κ3) is 4.35. The van der Waals surface area contributed by atoms with Crippen LogP contribution in [-0.2, 0) is 6.54 Å². The Morgan fingerprint density at radius 1 is 1.38 bits per heavy atom. The number of thioether (sulfide) groups is 1. The van der Waals surface area contributed by atoms with Crippen LogP contribution in [0.15, 0.2) is 23.6 Å². The van der Waals surface area contributed by atoms with Crippen LogP contribution in [0.3, 0.4) is 0 Å². The van der Waals surface area contributed by atoms with E-state index in [2.05, 4.69) is 38.7 Å². The third-order valence-electron chi connectivity index (χ3n) is 3.05. The predicted molar refractivity (Wildman–Crippen MR) is 87.6 cm³/mol. The summed E-state index contributed by atoms with van der Waals surface area (Å²) in [6, 6.07) is 1.76. The van der Waals surface area contributed by atoms with Crippen LogP contribution in [0.1, 0.15) is 32.0 Å². The summed E-state index contributed by atoms with van der Waals surface area (Å²) in [6.07, 6.45) is 6.82. The normalized spacial score (nSPS) is 11.0. The van der Waals surface area contributed by atoms with Crippen LogP contribution >= 0.6 is 11.8 Å². The van der Waals surface area contributed by atoms with Gasteiger partial charge in [-0.2, -0.15) is 0 Å². The lowest BCUT2D eigenvalue weighted by atomic mass is 10.2. The average Bonchev–Trinajstić information content (AvgIpc) is 2.91. The highest BCUT2D eigenvalue weighted by Gasteiger charge is 2.06. The summed E-state index contributed by atoms with van der Waals surface area (Å²) in [5.74, 6) is 2.85. The number of aryl methyl sites for hydroxylation is 1. The highest BCUT2D eigenvalue weighted by atomic mass is 32.2. The number of hydrogen-bond acceptors (Lipinski definition) is 6. The molecule has 2 heterocycles. The van der Waals surface area contributed by atoms with Crippen molar-refractivity contribution in [2.45, 2.75) is 37.9 Å². The third-order valence-corrected chi connectivity index (χ3v) is 3.60. The number of nitrogen functional groups attached to an aromatic ring is 1. The number of hydrogen-bond donors (Lipinski definition) is 2. The van der Waals surface area contributed by atoms with Crippen LogP contribution in [0, 0.1) is 0 Å². The fraction of sp³-hybridized carbons (Fsp3) is 0.500. The fourth-order valence-corrected chi connectivity index (χ4v) is 2.49. The molecule has 0 fully saturated rings. The van der Waals surface area contributed by atoms with Gasteiger partial charge in [-0.3, -0.25) is 0 Å². The number of nitrogens with zero attached hydrogens (tertiary/aromatic N) is 4. The Balaban J connectivity index is 1.84. The highest BCUT2D eigenvalue weighted by Crippen LogP contribution is 2.15. The SMILES string of the molecule is CSc1nc(N)cc(NCCCn2ccnc2C(C)C)n1. The number of anilines is 2. The topological polar surface area (TPSA) is 81.6 Å². The Morgan fingerprint density at radius 3 is 2.90 bits per heavy atom. The molecular formula is C14H22N6S. The first-order valence-electron chi connectivity index (χ1n) is 7.03. The van der Waals surface area contributed by atoms with E-state index in [9.17, 15) is 0 Å². The Hall–Kier alpha value is -1.76. The molecule has 0 radical (unpaired) electrons. The number of nitrogens with one attached hydrogen (secondary N) is 1. The van der Waals surface area contributed by atoms with E-state index in [0.29, 0.717) is 16.9 Å². The van der Waals surface area contributed by atoms with Gasteiger partial charge in [0.25, 0.3) is 0 Å². The molecule has 0 spiro atoms. The van der Waals surface area contributed by atoms with Gasteiger partial charge < -0.3 is 15.6 Å². The maximum absolute atomic E-state index is 5.75. The Bertz CT molecular complexity index is 581. The summed E-state index contributed by atoms with van der Waals surface area (Å²) < 4.78 is 2.20. The molecule has 0 amide bonds. The molecule has 114 valence electrons. The molecule has 3 N–H and O–H groups in total. The second-order valence-electron chi connectivity index (χ2n) is 5.08. The Morgan fingerprint density at radius 2 is 2.19 bits per heavy atom. The zero-order valence-electron chi connectivity index (χ0n) is 12.7. The molecule has 21 heavy (non-hydrogen) atoms. The van der Waals surface area contributed by atoms with Crippen molar-refractivity contribution in [1.29, 1.82) is 0 Å². The van der Waals surface area contributed by atoms with E-state index in [1.807, 2.05) is 18.6 Å². The monoisotopic (exact) mass is 306 g/mol. The van der Waals surface area contributed by atoms with E-state index >= 15 is 0 Å². The van der Waals surface area contributed by atoms with E-state index in [-0.39, 0.29) is 0 Å². The second kappa shape index (κ2) is 7.31. The van der Waals surface area contributed by atoms with E-state index in [1.165, 1.54) is 11.8 Å². The van der Waals surface area contributed by atoms with Crippen LogP contribution < -0.4 is 11.1 Å². The summed E-state index contributed by atoms with van der Waals surface area (Å²) >= 11 is 1.48. The summed E-state index contributed by atoms with van der Waals surface area (Å²) in [5.41, 5.74) is 5.75. The van der Waals surface area contributed by atoms with Crippen molar-refractivity contribution in [3.8, 4) is 0 Å². The molecule has 6 nitrogen and oxygen atoms in total. The van der Waals surface area contributed by atoms with Crippen molar-refractivity contribution in [2.24, 2.45) is 0 Å². The Labute approximate surface area is 129 Å². The van der Waals surface area contributed by atoms with Gasteiger partial charge in [0.05, 0.1) is 0 Å². The van der Waals surface area contributed by atoms with Gasteiger partial charge in [-0.1, -0.05) is 25.6 Å². The quantitative estimate of drug-likeness (QED) is 0.465. The standard InChI is InChI=1S/C14H22N6S/c1-10(2)13-17-6-8-20(13)7-4-5-16-12-9-11(15)18-14(19-12)21-3/h6,8-10H,4-5,7H2,1-3H3,(H3,15,16,18,19). The minimum atomic E-state index is 0.443. The van der Waals surface area contributed by atoms with E-state index in [0.717, 1.165) is 31.2 Å². The van der Waals surface area contributed by atoms with Gasteiger partial charge in [-0.15, -0.1) is 0 Å². The van der Waals surface area contributed by atoms with Crippen molar-refractivity contribution in [1.82, 2.24) is 19.5 Å². The molecule has 0 aliphatic heterocycles. The molecule has 2 rings (SSSR count). The molecule has 0 unspecified atom stereocenters. The van der Waals surface area contributed by atoms with E-state index in [1.54, 1.807) is 6.07 Å². The van der Waals surface area contributed by atoms with E-state index in [4.69, 9.17) is 5.73 Å². The molecule has 0 saturated heterocycles. The molecule has 2 aromatic heterocycles. The second-order valence-corrected chi connectivity index (χ2v) is 5.85. The van der Waals surface area contributed by atoms with Gasteiger partial charge >= 0.3 is 0 Å². The summed E-state index contributed by atoms with van der Waals surface area (Å²) in [5, 5.41) is 3.98. The van der Waals surface area contributed by atoms with Crippen LogP contribution in [0.4, 0.5) is 11.6 Å². The zero-order chi connectivity index (χ0) is 15.2. The summed E-state index contributed by atoms with van der Waals surface area (Å²) in [6.45, 7) is 6.09. The minimum Gasteiger partial charge on any atom is -0.383 e. The first-order chi connectivity index (χ1) is 10.1. The van der Waals surface area contributed by atoms with Crippen molar-refractivity contribution < 1.29 is 0 Å². The number of nitrogens with two attached hydrogens (primary N) is 1. The largest absolute Gasteiger partial charge is 0.383 e. The molecule has 0 aliphatic carbocycles. The molecule has 0 saturated carbocycles. The van der Waals surface area contributed by atoms with E-state index < -0.39 is 0 Å². The van der Waals surface area contributed by atoms with Crippen LogP contribution in [0.2, 0.25) is 0 Å². The van der Waals surface area contributed by atoms with Gasteiger partial charge in [0, 0.05) is 37.5 Å². The highest BCUT2D eigenvalue weighted by molar-refractivity contribution is 7.98. The molecule has 2 aromatic rings. The van der Waals surface area contributed by atoms with Crippen molar-refractivity contribution in [3.63, 3.8) is 0 Å². The molecular weight excluding hydrogens is 284 g/mol. The fourth-order valence-electron chi connectivity index (χ4n) is 2.10. The van der Waals surface area contributed by atoms with Gasteiger partial charge in [0.2, 0.25) is 0 Å². The van der Waals surface area contributed by atoms with Gasteiger partial charge in [0.15, 0.2) is 5.16 Å². The summed E-state index contributed by atoms with van der Waals surface area (Å²) in [4.78, 5) is 12.9. The van der Waals surface area contributed by atoms with Crippen molar-refractivity contribution >= 4 is 23.4 Å². The first kappa shape index (κ1) is 15.6. The van der Waals surface area contributed by atoms with Gasteiger partial charge in [-0.25, -0.2) is 15.0 Å². The number of aromatic nitrogens is 4. The van der Waals surface area contributed by atoms with Crippen LogP contribution in [-0.4, -0.2) is 32.3 Å². The van der Waals surface area contributed by atoms with Gasteiger partial charge in [-0.05, 0) is 12.7 Å². The molecule has 7 heteroatoms. The predicted octanol–water partition coefficient (Wildman–Crippen LogP) is 2.60. The Kier molecular flexibility index (Phi) is 5.44. The molecule has 0 aromatic carbocycles. The summed E-state index contributed by atoms with van der Waals surface area (Å²) in [7, 11) is 0. The van der Waals surface area contributed by atoms with Crippen molar-refractivity contribution in [2.75, 3.05) is 23.9 Å². The zero-order valence-corrected chi connectivity index (χ0v) is 13.5. The van der Waals surface area contributed by atoms with Crippen LogP contribution in [0.5, 0.6) is 0 Å². The number of rotatable bonds is 7. The van der Waals surface area contributed by atoms with Gasteiger partial charge in [0.1, 0.15) is 17.5 Å².